The Balaban J connectivity index is 2.00. The lowest BCUT2D eigenvalue weighted by Crippen LogP contribution is -2.37. The maximum absolute atomic E-state index is 12.9. The van der Waals surface area contributed by atoms with Crippen LogP contribution in [-0.4, -0.2) is 24.0 Å². The zero-order valence-electron chi connectivity index (χ0n) is 16.8. The minimum absolute atomic E-state index is 0.153. The van der Waals surface area contributed by atoms with Crippen molar-refractivity contribution in [1.29, 1.82) is 0 Å². The molecule has 1 N–H and O–H groups in total. The summed E-state index contributed by atoms with van der Waals surface area (Å²) in [7, 11) is 0. The third kappa shape index (κ3) is 8.18. The monoisotopic (exact) mass is 406 g/mol. The number of nitrogens with one attached hydrogen (secondary N) is 1. The van der Waals surface area contributed by atoms with Gasteiger partial charge in [-0.15, -0.1) is 0 Å². The van der Waals surface area contributed by atoms with E-state index in [1.807, 2.05) is 30.3 Å². The van der Waals surface area contributed by atoms with Crippen LogP contribution in [0.5, 0.6) is 0 Å². The van der Waals surface area contributed by atoms with E-state index < -0.39 is 11.7 Å². The molecule has 0 aliphatic rings. The minimum atomic E-state index is -4.44. The van der Waals surface area contributed by atoms with Crippen molar-refractivity contribution in [3.05, 3.63) is 65.7 Å². The van der Waals surface area contributed by atoms with E-state index in [0.717, 1.165) is 43.4 Å². The van der Waals surface area contributed by atoms with Gasteiger partial charge < -0.3 is 10.2 Å². The van der Waals surface area contributed by atoms with E-state index in [9.17, 15) is 18.0 Å². The van der Waals surface area contributed by atoms with Crippen LogP contribution in [0.15, 0.2) is 54.6 Å². The van der Waals surface area contributed by atoms with E-state index in [2.05, 4.69) is 12.2 Å². The standard InChI is InChI=1S/C23H29F3N2O/c1-2-3-4-5-9-16-28(17-15-19-11-7-6-8-12-19)22(29)27-21-14-10-13-20(18-21)23(24,25)26/h6-8,10-14,18H,2-5,9,15-17H2,1H3,(H,27,29). The molecule has 0 unspecified atom stereocenters. The van der Waals surface area contributed by atoms with Crippen molar-refractivity contribution < 1.29 is 18.0 Å². The number of halogens is 3. The van der Waals surface area contributed by atoms with Gasteiger partial charge in [-0.3, -0.25) is 0 Å². The summed E-state index contributed by atoms with van der Waals surface area (Å²) in [5, 5.41) is 2.63. The summed E-state index contributed by atoms with van der Waals surface area (Å²) in [6.07, 6.45) is 1.61. The molecule has 0 fully saturated rings. The largest absolute Gasteiger partial charge is 0.416 e. The molecule has 0 bridgehead atoms. The SMILES string of the molecule is CCCCCCCN(CCc1ccccc1)C(=O)Nc1cccc(C(F)(F)F)c1. The lowest BCUT2D eigenvalue weighted by atomic mass is 10.1. The van der Waals surface area contributed by atoms with Gasteiger partial charge in [0.25, 0.3) is 0 Å². The van der Waals surface area contributed by atoms with E-state index in [4.69, 9.17) is 0 Å². The predicted molar refractivity (Wildman–Crippen MR) is 111 cm³/mol. The lowest BCUT2D eigenvalue weighted by molar-refractivity contribution is -0.137. The number of nitrogens with zero attached hydrogens (tertiary/aromatic N) is 1. The maximum atomic E-state index is 12.9. The third-order valence-electron chi connectivity index (χ3n) is 4.77. The van der Waals surface area contributed by atoms with Gasteiger partial charge in [0.2, 0.25) is 0 Å². The van der Waals surface area contributed by atoms with Gasteiger partial charge in [-0.05, 0) is 36.6 Å². The van der Waals surface area contributed by atoms with E-state index in [1.165, 1.54) is 18.6 Å². The van der Waals surface area contributed by atoms with E-state index in [-0.39, 0.29) is 11.7 Å². The Labute approximate surface area is 170 Å². The normalized spacial score (nSPS) is 11.3. The molecule has 0 saturated heterocycles. The number of carbonyl (C=O) groups is 1. The molecule has 0 aromatic heterocycles. The fraction of sp³-hybridized carbons (Fsp3) is 0.435. The summed E-state index contributed by atoms with van der Waals surface area (Å²) in [6, 6.07) is 14.2. The molecule has 0 spiro atoms. The predicted octanol–water partition coefficient (Wildman–Crippen LogP) is 6.75. The number of amides is 2. The van der Waals surface area contributed by atoms with Crippen LogP contribution in [0.1, 0.15) is 50.2 Å². The van der Waals surface area contributed by atoms with Gasteiger partial charge in [-0.25, -0.2) is 4.79 Å². The number of hydrogen-bond acceptors (Lipinski definition) is 1. The molecule has 158 valence electrons. The molecular weight excluding hydrogens is 377 g/mol. The van der Waals surface area contributed by atoms with Crippen molar-refractivity contribution in [2.75, 3.05) is 18.4 Å². The summed E-state index contributed by atoms with van der Waals surface area (Å²) >= 11 is 0. The molecule has 0 radical (unpaired) electrons. The van der Waals surface area contributed by atoms with Crippen molar-refractivity contribution in [2.24, 2.45) is 0 Å². The molecule has 29 heavy (non-hydrogen) atoms. The van der Waals surface area contributed by atoms with Crippen LogP contribution in [-0.2, 0) is 12.6 Å². The molecule has 0 aliphatic heterocycles. The molecule has 0 atom stereocenters. The van der Waals surface area contributed by atoms with Gasteiger partial charge in [0.15, 0.2) is 0 Å². The zero-order valence-corrected chi connectivity index (χ0v) is 16.8. The van der Waals surface area contributed by atoms with Crippen LogP contribution in [0.4, 0.5) is 23.7 Å². The number of benzene rings is 2. The maximum Gasteiger partial charge on any atom is 0.416 e. The smallest absolute Gasteiger partial charge is 0.324 e. The van der Waals surface area contributed by atoms with Crippen molar-refractivity contribution in [1.82, 2.24) is 4.90 Å². The van der Waals surface area contributed by atoms with Gasteiger partial charge >= 0.3 is 12.2 Å². The first-order valence-corrected chi connectivity index (χ1v) is 10.2. The highest BCUT2D eigenvalue weighted by atomic mass is 19.4. The first kappa shape index (κ1) is 22.8. The molecule has 2 aromatic rings. The fourth-order valence-electron chi connectivity index (χ4n) is 3.11. The molecule has 2 rings (SSSR count). The Morgan fingerprint density at radius 2 is 1.66 bits per heavy atom. The minimum Gasteiger partial charge on any atom is -0.324 e. The van der Waals surface area contributed by atoms with E-state index in [0.29, 0.717) is 19.5 Å². The summed E-state index contributed by atoms with van der Waals surface area (Å²) < 4.78 is 38.8. The second-order valence-electron chi connectivity index (χ2n) is 7.15. The van der Waals surface area contributed by atoms with Gasteiger partial charge in [0, 0.05) is 18.8 Å². The average Bonchev–Trinajstić information content (AvgIpc) is 2.70. The van der Waals surface area contributed by atoms with Crippen molar-refractivity contribution in [3.63, 3.8) is 0 Å². The van der Waals surface area contributed by atoms with Crippen molar-refractivity contribution in [3.8, 4) is 0 Å². The Kier molecular flexibility index (Phi) is 9.03. The topological polar surface area (TPSA) is 32.3 Å². The Morgan fingerprint density at radius 1 is 0.931 bits per heavy atom. The van der Waals surface area contributed by atoms with Crippen molar-refractivity contribution >= 4 is 11.7 Å². The summed E-state index contributed by atoms with van der Waals surface area (Å²) in [5.74, 6) is 0. The number of anilines is 1. The summed E-state index contributed by atoms with van der Waals surface area (Å²) in [5.41, 5.74) is 0.501. The number of unbranched alkanes of at least 4 members (excludes halogenated alkanes) is 4. The summed E-state index contributed by atoms with van der Waals surface area (Å²) in [6.45, 7) is 3.25. The molecule has 0 saturated carbocycles. The van der Waals surface area contributed by atoms with Crippen LogP contribution in [0.25, 0.3) is 0 Å². The summed E-state index contributed by atoms with van der Waals surface area (Å²) in [4.78, 5) is 14.4. The lowest BCUT2D eigenvalue weighted by Gasteiger charge is -2.23. The molecule has 2 aromatic carbocycles. The fourth-order valence-corrected chi connectivity index (χ4v) is 3.11. The van der Waals surface area contributed by atoms with E-state index >= 15 is 0 Å². The van der Waals surface area contributed by atoms with Crippen LogP contribution >= 0.6 is 0 Å². The molecule has 6 heteroatoms. The van der Waals surface area contributed by atoms with Crippen LogP contribution in [0.3, 0.4) is 0 Å². The van der Waals surface area contributed by atoms with Crippen LogP contribution in [0.2, 0.25) is 0 Å². The molecule has 3 nitrogen and oxygen atoms in total. The quantitative estimate of drug-likeness (QED) is 0.435. The number of rotatable bonds is 10. The van der Waals surface area contributed by atoms with Crippen LogP contribution < -0.4 is 5.32 Å². The highest BCUT2D eigenvalue weighted by molar-refractivity contribution is 5.89. The second-order valence-corrected chi connectivity index (χ2v) is 7.15. The second kappa shape index (κ2) is 11.5. The van der Waals surface area contributed by atoms with Gasteiger partial charge in [-0.2, -0.15) is 13.2 Å². The van der Waals surface area contributed by atoms with Crippen molar-refractivity contribution in [2.45, 2.75) is 51.6 Å². The Morgan fingerprint density at radius 3 is 2.34 bits per heavy atom. The Hall–Kier alpha value is -2.50. The van der Waals surface area contributed by atoms with E-state index in [1.54, 1.807) is 4.90 Å². The first-order valence-electron chi connectivity index (χ1n) is 10.2. The Bertz CT molecular complexity index is 747. The highest BCUT2D eigenvalue weighted by Gasteiger charge is 2.30. The van der Waals surface area contributed by atoms with Gasteiger partial charge in [0.1, 0.15) is 0 Å². The average molecular weight is 406 g/mol. The van der Waals surface area contributed by atoms with Crippen LogP contribution in [0, 0.1) is 0 Å². The third-order valence-corrected chi connectivity index (χ3v) is 4.77. The molecular formula is C23H29F3N2O. The molecule has 2 amide bonds. The van der Waals surface area contributed by atoms with Gasteiger partial charge in [0.05, 0.1) is 5.56 Å². The number of urea groups is 1. The zero-order chi connectivity index (χ0) is 21.1. The molecule has 0 aliphatic carbocycles. The number of hydrogen-bond donors (Lipinski definition) is 1. The number of carbonyl (C=O) groups excluding carboxylic acids is 1. The number of alkyl halides is 3. The molecule has 0 heterocycles. The highest BCUT2D eigenvalue weighted by Crippen LogP contribution is 2.30. The first-order chi connectivity index (χ1) is 13.9. The van der Waals surface area contributed by atoms with Gasteiger partial charge in [-0.1, -0.05) is 69.0 Å².